The predicted molar refractivity (Wildman–Crippen MR) is 107 cm³/mol. The lowest BCUT2D eigenvalue weighted by molar-refractivity contribution is 0.601. The van der Waals surface area contributed by atoms with Gasteiger partial charge in [-0.25, -0.2) is 13.4 Å². The second kappa shape index (κ2) is 6.89. The van der Waals surface area contributed by atoms with Gasteiger partial charge in [0.2, 0.25) is 0 Å². The molecular formula is C21H19N3O2S. The molecule has 0 amide bonds. The third kappa shape index (κ3) is 3.57. The monoisotopic (exact) mass is 377 g/mol. The number of hydrogen-bond acceptors (Lipinski definition) is 3. The van der Waals surface area contributed by atoms with Crippen LogP contribution in [0.3, 0.4) is 0 Å². The molecule has 0 saturated carbocycles. The SMILES string of the molecule is Cc1nc2ccccc2n1Cc1ccc(S(=O)(=O)Nc2ccccc2)cc1. The lowest BCUT2D eigenvalue weighted by atomic mass is 10.2. The fraction of sp³-hybridized carbons (Fsp3) is 0.0952. The number of nitrogens with zero attached hydrogens (tertiary/aromatic N) is 2. The summed E-state index contributed by atoms with van der Waals surface area (Å²) in [4.78, 5) is 4.81. The molecule has 0 spiro atoms. The minimum Gasteiger partial charge on any atom is -0.324 e. The Morgan fingerprint density at radius 1 is 0.889 bits per heavy atom. The van der Waals surface area contributed by atoms with E-state index in [1.165, 1.54) is 0 Å². The van der Waals surface area contributed by atoms with Crippen molar-refractivity contribution in [2.24, 2.45) is 0 Å². The molecule has 0 atom stereocenters. The number of aromatic nitrogens is 2. The highest BCUT2D eigenvalue weighted by Gasteiger charge is 2.14. The van der Waals surface area contributed by atoms with Crippen LogP contribution in [-0.2, 0) is 16.6 Å². The van der Waals surface area contributed by atoms with Crippen LogP contribution in [0.5, 0.6) is 0 Å². The lowest BCUT2D eigenvalue weighted by Gasteiger charge is -2.10. The van der Waals surface area contributed by atoms with Gasteiger partial charge in [0.05, 0.1) is 15.9 Å². The van der Waals surface area contributed by atoms with Gasteiger partial charge in [0.15, 0.2) is 0 Å². The van der Waals surface area contributed by atoms with Crippen molar-refractivity contribution < 1.29 is 8.42 Å². The third-order valence-electron chi connectivity index (χ3n) is 4.45. The smallest absolute Gasteiger partial charge is 0.261 e. The van der Waals surface area contributed by atoms with Crippen LogP contribution in [0.1, 0.15) is 11.4 Å². The lowest BCUT2D eigenvalue weighted by Crippen LogP contribution is -2.13. The summed E-state index contributed by atoms with van der Waals surface area (Å²) >= 11 is 0. The molecule has 0 bridgehead atoms. The van der Waals surface area contributed by atoms with Crippen molar-refractivity contribution in [3.05, 3.63) is 90.3 Å². The summed E-state index contributed by atoms with van der Waals surface area (Å²) in [5.74, 6) is 0.929. The van der Waals surface area contributed by atoms with Gasteiger partial charge < -0.3 is 4.57 Å². The van der Waals surface area contributed by atoms with E-state index in [4.69, 9.17) is 0 Å². The van der Waals surface area contributed by atoms with Gasteiger partial charge in [-0.05, 0) is 48.9 Å². The number of sulfonamides is 1. The van der Waals surface area contributed by atoms with Crippen LogP contribution >= 0.6 is 0 Å². The molecule has 27 heavy (non-hydrogen) atoms. The van der Waals surface area contributed by atoms with Crippen LogP contribution in [0.25, 0.3) is 11.0 Å². The van der Waals surface area contributed by atoms with Gasteiger partial charge in [0.25, 0.3) is 10.0 Å². The van der Waals surface area contributed by atoms with Crippen molar-refractivity contribution >= 4 is 26.7 Å². The number of fused-ring (bicyclic) bond motifs is 1. The molecule has 0 aliphatic carbocycles. The van der Waals surface area contributed by atoms with Crippen molar-refractivity contribution in [2.75, 3.05) is 4.72 Å². The molecule has 3 aromatic carbocycles. The largest absolute Gasteiger partial charge is 0.324 e. The van der Waals surface area contributed by atoms with E-state index in [-0.39, 0.29) is 4.90 Å². The topological polar surface area (TPSA) is 64.0 Å². The number of para-hydroxylation sites is 3. The van der Waals surface area contributed by atoms with Crippen LogP contribution in [0.4, 0.5) is 5.69 Å². The van der Waals surface area contributed by atoms with E-state index in [0.29, 0.717) is 12.2 Å². The predicted octanol–water partition coefficient (Wildman–Crippen LogP) is 4.19. The van der Waals surface area contributed by atoms with Crippen LogP contribution < -0.4 is 4.72 Å². The van der Waals surface area contributed by atoms with Crippen molar-refractivity contribution in [2.45, 2.75) is 18.4 Å². The third-order valence-corrected chi connectivity index (χ3v) is 5.84. The van der Waals surface area contributed by atoms with E-state index in [9.17, 15) is 8.42 Å². The van der Waals surface area contributed by atoms with Gasteiger partial charge in [-0.15, -0.1) is 0 Å². The van der Waals surface area contributed by atoms with Crippen molar-refractivity contribution in [1.82, 2.24) is 9.55 Å². The molecule has 136 valence electrons. The van der Waals surface area contributed by atoms with E-state index in [1.54, 1.807) is 36.4 Å². The number of nitrogens with one attached hydrogen (secondary N) is 1. The van der Waals surface area contributed by atoms with Gasteiger partial charge in [-0.3, -0.25) is 4.72 Å². The number of anilines is 1. The highest BCUT2D eigenvalue weighted by atomic mass is 32.2. The first-order chi connectivity index (χ1) is 13.0. The quantitative estimate of drug-likeness (QED) is 0.567. The fourth-order valence-electron chi connectivity index (χ4n) is 3.07. The number of rotatable bonds is 5. The molecular weight excluding hydrogens is 358 g/mol. The summed E-state index contributed by atoms with van der Waals surface area (Å²) in [6.45, 7) is 2.61. The van der Waals surface area contributed by atoms with Crippen LogP contribution in [0.15, 0.2) is 83.8 Å². The summed E-state index contributed by atoms with van der Waals surface area (Å²) in [7, 11) is -3.60. The number of imidazole rings is 1. The second-order valence-corrected chi connectivity index (χ2v) is 8.03. The molecule has 0 unspecified atom stereocenters. The zero-order chi connectivity index (χ0) is 18.9. The van der Waals surface area contributed by atoms with Gasteiger partial charge in [0, 0.05) is 12.2 Å². The van der Waals surface area contributed by atoms with Crippen molar-refractivity contribution in [1.29, 1.82) is 0 Å². The number of benzene rings is 3. The highest BCUT2D eigenvalue weighted by molar-refractivity contribution is 7.92. The minimum absolute atomic E-state index is 0.238. The molecule has 1 N–H and O–H groups in total. The van der Waals surface area contributed by atoms with Crippen molar-refractivity contribution in [3.63, 3.8) is 0 Å². The average Bonchev–Trinajstić information content (AvgIpc) is 2.98. The van der Waals surface area contributed by atoms with Crippen LogP contribution in [0.2, 0.25) is 0 Å². The number of hydrogen-bond donors (Lipinski definition) is 1. The Hall–Kier alpha value is -3.12. The van der Waals surface area contributed by atoms with E-state index < -0.39 is 10.0 Å². The van der Waals surface area contributed by atoms with E-state index >= 15 is 0 Å². The first-order valence-corrected chi connectivity index (χ1v) is 10.1. The summed E-state index contributed by atoms with van der Waals surface area (Å²) < 4.78 is 29.8. The maximum Gasteiger partial charge on any atom is 0.261 e. The zero-order valence-corrected chi connectivity index (χ0v) is 15.6. The summed E-state index contributed by atoms with van der Waals surface area (Å²) in [6, 6.07) is 23.8. The molecule has 6 heteroatoms. The van der Waals surface area contributed by atoms with Gasteiger partial charge in [-0.2, -0.15) is 0 Å². The fourth-order valence-corrected chi connectivity index (χ4v) is 4.13. The molecule has 0 radical (unpaired) electrons. The van der Waals surface area contributed by atoms with Crippen LogP contribution in [0, 0.1) is 6.92 Å². The molecule has 1 heterocycles. The summed E-state index contributed by atoms with van der Waals surface area (Å²) in [5.41, 5.74) is 3.58. The molecule has 0 fully saturated rings. The normalized spacial score (nSPS) is 11.6. The Bertz CT molecular complexity index is 1180. The van der Waals surface area contributed by atoms with Gasteiger partial charge in [-0.1, -0.05) is 42.5 Å². The average molecular weight is 377 g/mol. The van der Waals surface area contributed by atoms with Crippen molar-refractivity contribution in [3.8, 4) is 0 Å². The zero-order valence-electron chi connectivity index (χ0n) is 14.8. The second-order valence-electron chi connectivity index (χ2n) is 6.35. The molecule has 0 saturated heterocycles. The van der Waals surface area contributed by atoms with Crippen LogP contribution in [-0.4, -0.2) is 18.0 Å². The summed E-state index contributed by atoms with van der Waals surface area (Å²) in [5, 5.41) is 0. The maximum atomic E-state index is 12.5. The first-order valence-electron chi connectivity index (χ1n) is 8.62. The Kier molecular flexibility index (Phi) is 4.41. The van der Waals surface area contributed by atoms with E-state index in [2.05, 4.69) is 14.3 Å². The molecule has 0 aliphatic heterocycles. The Morgan fingerprint density at radius 2 is 1.56 bits per heavy atom. The minimum atomic E-state index is -3.60. The summed E-state index contributed by atoms with van der Waals surface area (Å²) in [6.07, 6.45) is 0. The first kappa shape index (κ1) is 17.3. The molecule has 4 rings (SSSR count). The Balaban J connectivity index is 1.58. The standard InChI is InChI=1S/C21H19N3O2S/c1-16-22-20-9-5-6-10-21(20)24(16)15-17-11-13-19(14-12-17)27(25,26)23-18-7-3-2-4-8-18/h2-14,23H,15H2,1H3. The number of aryl methyl sites for hydroxylation is 1. The van der Waals surface area contributed by atoms with E-state index in [1.807, 2.05) is 49.4 Å². The Labute approximate surface area is 158 Å². The van der Waals surface area contributed by atoms with E-state index in [0.717, 1.165) is 22.4 Å². The molecule has 5 nitrogen and oxygen atoms in total. The highest BCUT2D eigenvalue weighted by Crippen LogP contribution is 2.20. The molecule has 1 aromatic heterocycles. The maximum absolute atomic E-state index is 12.5. The van der Waals surface area contributed by atoms with Gasteiger partial charge in [0.1, 0.15) is 5.82 Å². The molecule has 4 aromatic rings. The molecule has 0 aliphatic rings. The Morgan fingerprint density at radius 3 is 2.30 bits per heavy atom. The van der Waals surface area contributed by atoms with Gasteiger partial charge >= 0.3 is 0 Å².